The number of hydrogen-bond donors (Lipinski definition) is 1. The minimum Gasteiger partial charge on any atom is -0.459 e. The largest absolute Gasteiger partial charge is 0.459 e. The Morgan fingerprint density at radius 3 is 2.48 bits per heavy atom. The van der Waals surface area contributed by atoms with Crippen LogP contribution >= 0.6 is 0 Å². The summed E-state index contributed by atoms with van der Waals surface area (Å²) in [6.45, 7) is -0.361. The highest BCUT2D eigenvalue weighted by Crippen LogP contribution is 2.37. The molecule has 2 amide bonds. The van der Waals surface area contributed by atoms with E-state index in [-0.39, 0.29) is 37.4 Å². The van der Waals surface area contributed by atoms with Gasteiger partial charge >= 0.3 is 12.1 Å². The van der Waals surface area contributed by atoms with Crippen molar-refractivity contribution in [3.05, 3.63) is 58.0 Å². The molecule has 1 aliphatic heterocycles. The number of anilines is 1. The van der Waals surface area contributed by atoms with Crippen molar-refractivity contribution in [3.63, 3.8) is 0 Å². The lowest BCUT2D eigenvalue weighted by Gasteiger charge is -2.32. The van der Waals surface area contributed by atoms with Gasteiger partial charge in [-0.15, -0.1) is 0 Å². The predicted molar refractivity (Wildman–Crippen MR) is 105 cm³/mol. The molecule has 1 N–H and O–H groups in total. The van der Waals surface area contributed by atoms with Crippen LogP contribution in [0.15, 0.2) is 41.0 Å². The number of ether oxygens (including phenoxy) is 1. The van der Waals surface area contributed by atoms with Crippen molar-refractivity contribution in [2.75, 3.05) is 24.6 Å². The van der Waals surface area contributed by atoms with Gasteiger partial charge in [-0.25, -0.2) is 0 Å². The first-order valence-electron chi connectivity index (χ1n) is 9.71. The maximum atomic E-state index is 12.9. The van der Waals surface area contributed by atoms with Crippen molar-refractivity contribution in [1.82, 2.24) is 5.32 Å². The van der Waals surface area contributed by atoms with Gasteiger partial charge in [0.2, 0.25) is 0 Å². The number of amides is 2. The molecule has 33 heavy (non-hydrogen) atoms. The molecule has 0 spiro atoms. The summed E-state index contributed by atoms with van der Waals surface area (Å²) in [4.78, 5) is 47.6. The summed E-state index contributed by atoms with van der Waals surface area (Å²) in [5.74, 6) is -3.00. The first-order chi connectivity index (χ1) is 15.6. The van der Waals surface area contributed by atoms with Gasteiger partial charge in [-0.05, 0) is 37.1 Å². The van der Waals surface area contributed by atoms with Crippen LogP contribution in [0.2, 0.25) is 0 Å². The van der Waals surface area contributed by atoms with Crippen LogP contribution in [-0.4, -0.2) is 42.4 Å². The van der Waals surface area contributed by atoms with Gasteiger partial charge in [-0.2, -0.15) is 13.2 Å². The molecule has 1 aliphatic rings. The zero-order valence-corrected chi connectivity index (χ0v) is 17.0. The molecule has 2 heterocycles. The molecule has 10 nitrogen and oxygen atoms in total. The molecular weight excluding hydrogens is 451 g/mol. The van der Waals surface area contributed by atoms with Crippen LogP contribution in [0.5, 0.6) is 0 Å². The summed E-state index contributed by atoms with van der Waals surface area (Å²) >= 11 is 0. The van der Waals surface area contributed by atoms with E-state index >= 15 is 0 Å². The number of halogens is 3. The summed E-state index contributed by atoms with van der Waals surface area (Å²) in [7, 11) is 0. The summed E-state index contributed by atoms with van der Waals surface area (Å²) in [6, 6.07) is 5.11. The Morgan fingerprint density at radius 2 is 1.91 bits per heavy atom. The van der Waals surface area contributed by atoms with Gasteiger partial charge in [0.15, 0.2) is 12.4 Å². The SMILES string of the molecule is O=C(COC(=O)C1CCN(c2ccc(C(F)(F)F)cc2[N+](=O)[O-])CC1)NC(=O)c1ccco1. The average Bonchev–Trinajstić information content (AvgIpc) is 3.32. The van der Waals surface area contributed by atoms with Gasteiger partial charge in [0, 0.05) is 19.2 Å². The van der Waals surface area contributed by atoms with E-state index in [9.17, 15) is 37.7 Å². The first kappa shape index (κ1) is 23.8. The molecule has 13 heteroatoms. The van der Waals surface area contributed by atoms with Crippen LogP contribution in [0.25, 0.3) is 0 Å². The third-order valence-electron chi connectivity index (χ3n) is 5.01. The number of piperidine rings is 1. The molecule has 3 rings (SSSR count). The van der Waals surface area contributed by atoms with Gasteiger partial charge in [-0.3, -0.25) is 29.8 Å². The van der Waals surface area contributed by atoms with Gasteiger partial charge in [0.05, 0.1) is 22.7 Å². The van der Waals surface area contributed by atoms with E-state index in [4.69, 9.17) is 9.15 Å². The molecule has 176 valence electrons. The van der Waals surface area contributed by atoms with Gasteiger partial charge in [0.1, 0.15) is 5.69 Å². The highest BCUT2D eigenvalue weighted by atomic mass is 19.4. The van der Waals surface area contributed by atoms with E-state index in [0.717, 1.165) is 12.1 Å². The van der Waals surface area contributed by atoms with Crippen LogP contribution in [0.3, 0.4) is 0 Å². The monoisotopic (exact) mass is 469 g/mol. The molecule has 1 aromatic carbocycles. The number of rotatable bonds is 6. The second-order valence-electron chi connectivity index (χ2n) is 7.18. The van der Waals surface area contributed by atoms with Crippen LogP contribution < -0.4 is 10.2 Å². The van der Waals surface area contributed by atoms with Crippen molar-refractivity contribution in [3.8, 4) is 0 Å². The predicted octanol–water partition coefficient (Wildman–Crippen LogP) is 2.92. The molecule has 1 fully saturated rings. The molecular formula is C20H18F3N3O7. The topological polar surface area (TPSA) is 132 Å². The van der Waals surface area contributed by atoms with Crippen LogP contribution in [-0.2, 0) is 20.5 Å². The Kier molecular flexibility index (Phi) is 6.99. The summed E-state index contributed by atoms with van der Waals surface area (Å²) < 4.78 is 48.4. The smallest absolute Gasteiger partial charge is 0.416 e. The lowest BCUT2D eigenvalue weighted by Crippen LogP contribution is -2.39. The standard InChI is InChI=1S/C20H18F3N3O7/c21-20(22,23)13-3-4-14(15(10-13)26(30)31)25-7-5-12(6-8-25)19(29)33-11-17(27)24-18(28)16-2-1-9-32-16/h1-4,9-10,12H,5-8,11H2,(H,24,27,28). The number of nitrogens with zero attached hydrogens (tertiary/aromatic N) is 2. The second-order valence-corrected chi connectivity index (χ2v) is 7.18. The maximum Gasteiger partial charge on any atom is 0.416 e. The highest BCUT2D eigenvalue weighted by molar-refractivity contribution is 6.03. The number of nitro groups is 1. The Balaban J connectivity index is 1.53. The Hall–Kier alpha value is -3.90. The Labute approximate surface area is 184 Å². The number of imide groups is 1. The number of furan rings is 1. The number of carbonyl (C=O) groups excluding carboxylic acids is 3. The van der Waals surface area contributed by atoms with Gasteiger partial charge in [-0.1, -0.05) is 0 Å². The van der Waals surface area contributed by atoms with Crippen molar-refractivity contribution in [1.29, 1.82) is 0 Å². The normalized spacial score (nSPS) is 14.6. The molecule has 2 aromatic rings. The van der Waals surface area contributed by atoms with Crippen LogP contribution in [0, 0.1) is 16.0 Å². The minimum absolute atomic E-state index is 0.0237. The summed E-state index contributed by atoms with van der Waals surface area (Å²) in [5.41, 5.74) is -1.78. The van der Waals surface area contributed by atoms with Gasteiger partial charge in [0.25, 0.3) is 17.5 Å². The number of carbonyl (C=O) groups is 3. The molecule has 1 saturated heterocycles. The summed E-state index contributed by atoms with van der Waals surface area (Å²) in [6.07, 6.45) is -3.03. The fraction of sp³-hybridized carbons (Fsp3) is 0.350. The van der Waals surface area contributed by atoms with Crippen molar-refractivity contribution in [2.45, 2.75) is 19.0 Å². The van der Waals surface area contributed by atoms with E-state index in [0.29, 0.717) is 6.07 Å². The van der Waals surface area contributed by atoms with E-state index in [1.807, 2.05) is 5.32 Å². The lowest BCUT2D eigenvalue weighted by molar-refractivity contribution is -0.384. The Bertz CT molecular complexity index is 1050. The average molecular weight is 469 g/mol. The molecule has 0 aliphatic carbocycles. The molecule has 0 atom stereocenters. The first-order valence-corrected chi connectivity index (χ1v) is 9.71. The number of nitrogens with one attached hydrogen (secondary N) is 1. The number of benzene rings is 1. The number of hydrogen-bond acceptors (Lipinski definition) is 8. The van der Waals surface area contributed by atoms with E-state index in [2.05, 4.69) is 0 Å². The zero-order chi connectivity index (χ0) is 24.2. The second kappa shape index (κ2) is 9.71. The third-order valence-corrected chi connectivity index (χ3v) is 5.01. The fourth-order valence-corrected chi connectivity index (χ4v) is 3.36. The molecule has 0 unspecified atom stereocenters. The third kappa shape index (κ3) is 5.87. The number of esters is 1. The minimum atomic E-state index is -4.71. The van der Waals surface area contributed by atoms with E-state index in [1.54, 1.807) is 0 Å². The Morgan fingerprint density at radius 1 is 1.21 bits per heavy atom. The van der Waals surface area contributed by atoms with Crippen molar-refractivity contribution in [2.24, 2.45) is 5.92 Å². The van der Waals surface area contributed by atoms with Crippen LogP contribution in [0.4, 0.5) is 24.5 Å². The molecule has 0 bridgehead atoms. The maximum absolute atomic E-state index is 12.9. The molecule has 1 aromatic heterocycles. The number of nitro benzene ring substituents is 1. The van der Waals surface area contributed by atoms with Crippen LogP contribution in [0.1, 0.15) is 29.0 Å². The van der Waals surface area contributed by atoms with E-state index < -0.39 is 52.7 Å². The molecule has 0 saturated carbocycles. The summed E-state index contributed by atoms with van der Waals surface area (Å²) in [5, 5.41) is 13.3. The zero-order valence-electron chi connectivity index (χ0n) is 17.0. The highest BCUT2D eigenvalue weighted by Gasteiger charge is 2.35. The van der Waals surface area contributed by atoms with Crippen molar-refractivity contribution >= 4 is 29.2 Å². The van der Waals surface area contributed by atoms with Gasteiger partial charge < -0.3 is 14.1 Å². The lowest BCUT2D eigenvalue weighted by atomic mass is 9.96. The molecule has 0 radical (unpaired) electrons. The fourth-order valence-electron chi connectivity index (χ4n) is 3.36. The number of alkyl halides is 3. The van der Waals surface area contributed by atoms with E-state index in [1.165, 1.54) is 23.3 Å². The quantitative estimate of drug-likeness (QED) is 0.388. The van der Waals surface area contributed by atoms with Crippen molar-refractivity contribution < 1.29 is 41.6 Å².